The Morgan fingerprint density at radius 1 is 1.39 bits per heavy atom. The second-order valence-corrected chi connectivity index (χ2v) is 5.06. The van der Waals surface area contributed by atoms with Gasteiger partial charge in [0.2, 0.25) is 0 Å². The van der Waals surface area contributed by atoms with E-state index >= 15 is 0 Å². The lowest BCUT2D eigenvalue weighted by Crippen LogP contribution is -2.28. The molecule has 3 N–H and O–H groups in total. The van der Waals surface area contributed by atoms with Crippen molar-refractivity contribution in [2.75, 3.05) is 0 Å². The molecule has 0 bridgehead atoms. The summed E-state index contributed by atoms with van der Waals surface area (Å²) in [6, 6.07) is 6.33. The van der Waals surface area contributed by atoms with Gasteiger partial charge in [-0.15, -0.1) is 6.58 Å². The van der Waals surface area contributed by atoms with Crippen molar-refractivity contribution in [3.05, 3.63) is 47.0 Å². The minimum atomic E-state index is 0.187. The van der Waals surface area contributed by atoms with Crippen molar-refractivity contribution in [1.82, 2.24) is 5.43 Å². The molecule has 0 aromatic heterocycles. The molecule has 1 aromatic rings. The van der Waals surface area contributed by atoms with Crippen LogP contribution >= 0.6 is 11.6 Å². The third kappa shape index (κ3) is 4.81. The molecule has 0 saturated carbocycles. The third-order valence-electron chi connectivity index (χ3n) is 3.20. The van der Waals surface area contributed by atoms with Gasteiger partial charge in [-0.25, -0.2) is 0 Å². The fourth-order valence-electron chi connectivity index (χ4n) is 1.99. The Labute approximate surface area is 115 Å². The van der Waals surface area contributed by atoms with E-state index in [1.54, 1.807) is 0 Å². The minimum Gasteiger partial charge on any atom is -0.271 e. The predicted molar refractivity (Wildman–Crippen MR) is 79.5 cm³/mol. The van der Waals surface area contributed by atoms with Crippen LogP contribution in [0.1, 0.15) is 49.3 Å². The van der Waals surface area contributed by atoms with Gasteiger partial charge in [-0.2, -0.15) is 0 Å². The van der Waals surface area contributed by atoms with E-state index in [9.17, 15) is 0 Å². The molecular formula is C15H23ClN2. The highest BCUT2D eigenvalue weighted by Crippen LogP contribution is 2.24. The largest absolute Gasteiger partial charge is 0.271 e. The van der Waals surface area contributed by atoms with Crippen LogP contribution in [0.15, 0.2) is 30.9 Å². The fourth-order valence-corrected chi connectivity index (χ4v) is 2.17. The quantitative estimate of drug-likeness (QED) is 0.319. The Morgan fingerprint density at radius 3 is 2.78 bits per heavy atom. The zero-order valence-corrected chi connectivity index (χ0v) is 11.8. The number of aryl methyl sites for hydroxylation is 1. The van der Waals surface area contributed by atoms with E-state index in [0.29, 0.717) is 0 Å². The van der Waals surface area contributed by atoms with Gasteiger partial charge in [0.15, 0.2) is 0 Å². The van der Waals surface area contributed by atoms with Crippen LogP contribution in [0.2, 0.25) is 5.02 Å². The van der Waals surface area contributed by atoms with Crippen LogP contribution in [0.3, 0.4) is 0 Å². The van der Waals surface area contributed by atoms with Crippen LogP contribution in [-0.2, 0) is 0 Å². The number of rotatable bonds is 8. The molecule has 0 radical (unpaired) electrons. The average Bonchev–Trinajstić information content (AvgIpc) is 2.37. The summed E-state index contributed by atoms with van der Waals surface area (Å²) in [4.78, 5) is 0. The molecule has 0 saturated heterocycles. The van der Waals surface area contributed by atoms with Gasteiger partial charge in [-0.1, -0.05) is 42.7 Å². The van der Waals surface area contributed by atoms with E-state index in [-0.39, 0.29) is 6.04 Å². The van der Waals surface area contributed by atoms with Crippen LogP contribution in [0, 0.1) is 6.92 Å². The Bertz CT molecular complexity index is 377. The maximum atomic E-state index is 6.14. The lowest BCUT2D eigenvalue weighted by molar-refractivity contribution is 0.484. The number of hydrogen-bond donors (Lipinski definition) is 2. The molecule has 18 heavy (non-hydrogen) atoms. The van der Waals surface area contributed by atoms with Crippen LogP contribution in [0.25, 0.3) is 0 Å². The van der Waals surface area contributed by atoms with Gasteiger partial charge in [0, 0.05) is 11.1 Å². The Balaban J connectivity index is 2.49. The van der Waals surface area contributed by atoms with Gasteiger partial charge >= 0.3 is 0 Å². The number of nitrogens with two attached hydrogens (primary N) is 1. The van der Waals surface area contributed by atoms with Crippen molar-refractivity contribution in [3.63, 3.8) is 0 Å². The van der Waals surface area contributed by atoms with Crippen LogP contribution < -0.4 is 11.3 Å². The lowest BCUT2D eigenvalue weighted by Gasteiger charge is -2.17. The van der Waals surface area contributed by atoms with E-state index in [2.05, 4.69) is 18.1 Å². The standard InChI is InChI=1S/C15H23ClN2/c1-3-4-5-6-7-8-15(18-17)13-10-9-12(2)14(16)11-13/h3,9-11,15,18H,1,4-8,17H2,2H3. The smallest absolute Gasteiger partial charge is 0.0460 e. The van der Waals surface area contributed by atoms with Crippen molar-refractivity contribution in [3.8, 4) is 0 Å². The molecule has 0 fully saturated rings. The Hall–Kier alpha value is -0.830. The second-order valence-electron chi connectivity index (χ2n) is 4.65. The van der Waals surface area contributed by atoms with Gasteiger partial charge in [0.1, 0.15) is 0 Å². The van der Waals surface area contributed by atoms with Gasteiger partial charge in [0.25, 0.3) is 0 Å². The molecule has 0 aliphatic carbocycles. The number of hydrazine groups is 1. The first-order chi connectivity index (χ1) is 8.69. The SMILES string of the molecule is C=CCCCCCC(NN)c1ccc(C)c(Cl)c1. The second kappa shape index (κ2) is 8.30. The highest BCUT2D eigenvalue weighted by Gasteiger charge is 2.10. The molecule has 2 nitrogen and oxygen atoms in total. The molecule has 0 heterocycles. The van der Waals surface area contributed by atoms with E-state index in [0.717, 1.165) is 35.4 Å². The molecule has 100 valence electrons. The molecule has 1 atom stereocenters. The molecular weight excluding hydrogens is 244 g/mol. The Morgan fingerprint density at radius 2 is 2.17 bits per heavy atom. The summed E-state index contributed by atoms with van der Waals surface area (Å²) in [5.41, 5.74) is 5.14. The molecule has 0 spiro atoms. The number of unbranched alkanes of at least 4 members (excludes halogenated alkanes) is 3. The number of allylic oxidation sites excluding steroid dienone is 1. The number of halogens is 1. The topological polar surface area (TPSA) is 38.0 Å². The molecule has 1 unspecified atom stereocenters. The van der Waals surface area contributed by atoms with Crippen LogP contribution in [0.4, 0.5) is 0 Å². The van der Waals surface area contributed by atoms with Gasteiger partial charge in [-0.3, -0.25) is 11.3 Å². The van der Waals surface area contributed by atoms with E-state index in [1.165, 1.54) is 12.8 Å². The molecule has 1 rings (SSSR count). The predicted octanol–water partition coefficient (Wildman–Crippen LogP) is 4.29. The number of nitrogens with one attached hydrogen (secondary N) is 1. The summed E-state index contributed by atoms with van der Waals surface area (Å²) in [5, 5.41) is 0.805. The van der Waals surface area contributed by atoms with Gasteiger partial charge < -0.3 is 0 Å². The maximum absolute atomic E-state index is 6.14. The fraction of sp³-hybridized carbons (Fsp3) is 0.467. The average molecular weight is 267 g/mol. The number of hydrogen-bond acceptors (Lipinski definition) is 2. The maximum Gasteiger partial charge on any atom is 0.0460 e. The molecule has 3 heteroatoms. The van der Waals surface area contributed by atoms with Crippen LogP contribution in [-0.4, -0.2) is 0 Å². The van der Waals surface area contributed by atoms with Crippen molar-refractivity contribution in [2.45, 2.75) is 45.1 Å². The first kappa shape index (κ1) is 15.2. The molecule has 0 aliphatic heterocycles. The summed E-state index contributed by atoms with van der Waals surface area (Å²) >= 11 is 6.14. The Kier molecular flexibility index (Phi) is 7.02. The molecule has 1 aromatic carbocycles. The van der Waals surface area contributed by atoms with Crippen molar-refractivity contribution in [1.29, 1.82) is 0 Å². The third-order valence-corrected chi connectivity index (χ3v) is 3.61. The highest BCUT2D eigenvalue weighted by molar-refractivity contribution is 6.31. The normalized spacial score (nSPS) is 12.4. The summed E-state index contributed by atoms with van der Waals surface area (Å²) < 4.78 is 0. The van der Waals surface area contributed by atoms with E-state index in [1.807, 2.05) is 25.1 Å². The summed E-state index contributed by atoms with van der Waals surface area (Å²) in [6.07, 6.45) is 7.68. The highest BCUT2D eigenvalue weighted by atomic mass is 35.5. The van der Waals surface area contributed by atoms with Gasteiger partial charge in [0.05, 0.1) is 0 Å². The summed E-state index contributed by atoms with van der Waals surface area (Å²) in [5.74, 6) is 5.62. The zero-order chi connectivity index (χ0) is 13.4. The monoisotopic (exact) mass is 266 g/mol. The summed E-state index contributed by atoms with van der Waals surface area (Å²) in [6.45, 7) is 5.73. The molecule has 0 aliphatic rings. The summed E-state index contributed by atoms with van der Waals surface area (Å²) in [7, 11) is 0. The van der Waals surface area contributed by atoms with Crippen LogP contribution in [0.5, 0.6) is 0 Å². The van der Waals surface area contributed by atoms with Gasteiger partial charge in [-0.05, 0) is 43.4 Å². The van der Waals surface area contributed by atoms with Crippen molar-refractivity contribution < 1.29 is 0 Å². The first-order valence-electron chi connectivity index (χ1n) is 6.52. The lowest BCUT2D eigenvalue weighted by atomic mass is 9.99. The number of benzene rings is 1. The zero-order valence-electron chi connectivity index (χ0n) is 11.1. The first-order valence-corrected chi connectivity index (χ1v) is 6.90. The van der Waals surface area contributed by atoms with Crippen molar-refractivity contribution >= 4 is 11.6 Å². The van der Waals surface area contributed by atoms with E-state index in [4.69, 9.17) is 17.4 Å². The van der Waals surface area contributed by atoms with E-state index < -0.39 is 0 Å². The van der Waals surface area contributed by atoms with Crippen molar-refractivity contribution in [2.24, 2.45) is 5.84 Å². The molecule has 0 amide bonds. The minimum absolute atomic E-state index is 0.187.